The van der Waals surface area contributed by atoms with E-state index in [4.69, 9.17) is 11.5 Å². The summed E-state index contributed by atoms with van der Waals surface area (Å²) in [5, 5.41) is 21.6. The zero-order valence-corrected chi connectivity index (χ0v) is 49.5. The molecule has 0 spiro atoms. The highest BCUT2D eigenvalue weighted by Gasteiger charge is 2.40. The van der Waals surface area contributed by atoms with E-state index in [0.717, 1.165) is 5.69 Å². The van der Waals surface area contributed by atoms with Gasteiger partial charge in [-0.25, -0.2) is 54.8 Å². The highest BCUT2D eigenvalue weighted by atomic mass is 19.2. The maximum absolute atomic E-state index is 14.5. The molecule has 0 aromatic carbocycles. The number of nitrogens with one attached hydrogen (secondary N) is 3. The predicted octanol–water partition coefficient (Wildman–Crippen LogP) is 7.33. The minimum atomic E-state index is -1.09. The molecule has 15 heterocycles. The molecule has 15 rings (SSSR count). The fourth-order valence-electron chi connectivity index (χ4n) is 13.2. The number of fused-ring (bicyclic) bond motifs is 15. The Morgan fingerprint density at radius 3 is 1.13 bits per heavy atom. The first-order valence-corrected chi connectivity index (χ1v) is 29.9. The van der Waals surface area contributed by atoms with Crippen molar-refractivity contribution >= 4 is 63.8 Å². The summed E-state index contributed by atoms with van der Waals surface area (Å²) >= 11 is 0. The van der Waals surface area contributed by atoms with Gasteiger partial charge in [-0.3, -0.25) is 29.3 Å². The highest BCUT2D eigenvalue weighted by Crippen LogP contribution is 2.42. The number of aromatic nitrogens is 12. The van der Waals surface area contributed by atoms with Crippen LogP contribution in [0, 0.1) is 24.4 Å². The van der Waals surface area contributed by atoms with E-state index in [1.165, 1.54) is 45.8 Å². The largest absolute Gasteiger partial charge is 0.381 e. The Morgan fingerprint density at radius 1 is 0.478 bits per heavy atom. The zero-order chi connectivity index (χ0) is 63.0. The molecule has 7 N–H and O–H groups in total. The number of nitrogen functional groups attached to an aromatic ring is 2. The summed E-state index contributed by atoms with van der Waals surface area (Å²) in [6.45, 7) is 7.82. The van der Waals surface area contributed by atoms with E-state index < -0.39 is 48.1 Å². The summed E-state index contributed by atoms with van der Waals surface area (Å²) < 4.78 is 90.3. The van der Waals surface area contributed by atoms with Crippen LogP contribution in [0.3, 0.4) is 0 Å². The van der Waals surface area contributed by atoms with Gasteiger partial charge in [0, 0.05) is 73.1 Å². The number of halogens is 6. The number of carbonyl (C=O) groups excluding carboxylic acids is 3. The van der Waals surface area contributed by atoms with Gasteiger partial charge >= 0.3 is 0 Å². The van der Waals surface area contributed by atoms with Gasteiger partial charge in [0.15, 0.2) is 28.6 Å². The molecule has 9 atom stereocenters. The average Bonchev–Trinajstić information content (AvgIpc) is 1.79. The molecular weight excluding hydrogens is 1170 g/mol. The molecule has 3 saturated heterocycles. The molecule has 23 nitrogen and oxygen atoms in total. The number of amides is 3. The molecule has 29 heteroatoms. The summed E-state index contributed by atoms with van der Waals surface area (Å²) in [6, 6.07) is 7.76. The van der Waals surface area contributed by atoms with Gasteiger partial charge in [0.1, 0.15) is 70.1 Å². The van der Waals surface area contributed by atoms with Crippen LogP contribution in [0.4, 0.5) is 55.4 Å². The van der Waals surface area contributed by atoms with E-state index in [0.29, 0.717) is 112 Å². The van der Waals surface area contributed by atoms with E-state index >= 15 is 0 Å². The lowest BCUT2D eigenvalue weighted by atomic mass is 9.98. The van der Waals surface area contributed by atoms with Crippen molar-refractivity contribution in [1.29, 1.82) is 0 Å². The summed E-state index contributed by atoms with van der Waals surface area (Å²) in [7, 11) is 0. The van der Waals surface area contributed by atoms with Crippen LogP contribution in [-0.4, -0.2) is 133 Å². The second-order valence-electron chi connectivity index (χ2n) is 24.0. The van der Waals surface area contributed by atoms with Crippen molar-refractivity contribution in [2.45, 2.75) is 140 Å². The van der Waals surface area contributed by atoms with Gasteiger partial charge in [-0.2, -0.15) is 5.10 Å². The standard InChI is InChI=1S/C21H22F2N6O.2C20H21F2N7O/c1-11-3-4-16-15(7-13(22)9-24-16)17-8-14(23)10-28(17)18-5-6-29-20(26-18)19(12(2)27-29)21(30)25-11;2*1-10-2-3-14-13(6-11(21)8-24-14)15-7-12(22)9-28(15)16-4-5-29-19(26-16)17(18(23)27-29)20(30)25-10/h5-7,9,11,14,17H,3-4,8,10H2,1-2H3,(H,25,30);2*4-6,8,10,12,15H,2-3,7,9H2,1H3,(H2,23,27)(H,25,30)/t11?,14-,17?;10?,12?,15-;10-,12?,15?/m100/s1. The molecule has 6 aliphatic rings. The number of anilines is 5. The first-order chi connectivity index (χ1) is 43.2. The van der Waals surface area contributed by atoms with Crippen molar-refractivity contribution in [3.05, 3.63) is 147 Å². The number of aryl methyl sites for hydroxylation is 4. The Bertz CT molecular complexity index is 3870. The lowest BCUT2D eigenvalue weighted by Crippen LogP contribution is -2.33. The molecular formula is C61H64F6N20O3. The summed E-state index contributed by atoms with van der Waals surface area (Å²) in [6.07, 6.45) is 9.34. The van der Waals surface area contributed by atoms with Gasteiger partial charge in [0.2, 0.25) is 0 Å². The van der Waals surface area contributed by atoms with Crippen LogP contribution in [0.15, 0.2) is 73.6 Å². The minimum absolute atomic E-state index is 0.0765. The number of carbonyl (C=O) groups is 3. The molecule has 9 aromatic heterocycles. The molecule has 90 heavy (non-hydrogen) atoms. The predicted molar refractivity (Wildman–Crippen MR) is 320 cm³/mol. The number of nitrogens with two attached hydrogens (primary N) is 2. The molecule has 3 amide bonds. The molecule has 0 aliphatic carbocycles. The van der Waals surface area contributed by atoms with E-state index in [-0.39, 0.29) is 104 Å². The van der Waals surface area contributed by atoms with Gasteiger partial charge in [0.05, 0.1) is 62.0 Å². The Hall–Kier alpha value is -9.70. The molecule has 0 saturated carbocycles. The van der Waals surface area contributed by atoms with E-state index in [2.05, 4.69) is 61.2 Å². The molecule has 6 bridgehead atoms. The van der Waals surface area contributed by atoms with Crippen molar-refractivity contribution in [2.75, 3.05) is 45.8 Å². The average molecular weight is 1240 g/mol. The van der Waals surface area contributed by atoms with Crippen molar-refractivity contribution in [1.82, 2.24) is 74.7 Å². The first-order valence-electron chi connectivity index (χ1n) is 29.9. The Balaban J connectivity index is 0.000000124. The second kappa shape index (κ2) is 23.7. The lowest BCUT2D eigenvalue weighted by molar-refractivity contribution is 0.0931. The summed E-state index contributed by atoms with van der Waals surface area (Å²) in [4.78, 5) is 70.9. The zero-order valence-electron chi connectivity index (χ0n) is 49.5. The van der Waals surface area contributed by atoms with Crippen LogP contribution in [0.25, 0.3) is 16.9 Å². The minimum Gasteiger partial charge on any atom is -0.381 e. The van der Waals surface area contributed by atoms with Crippen LogP contribution in [0.1, 0.15) is 148 Å². The number of hydrogen-bond acceptors (Lipinski definition) is 17. The van der Waals surface area contributed by atoms with E-state index in [1.807, 2.05) is 25.7 Å². The molecule has 0 radical (unpaired) electrons. The number of rotatable bonds is 0. The monoisotopic (exact) mass is 1240 g/mol. The number of alkyl halides is 3. The molecule has 6 aliphatic heterocycles. The molecule has 468 valence electrons. The molecule has 9 aromatic rings. The molecule has 6 unspecified atom stereocenters. The third kappa shape index (κ3) is 11.3. The van der Waals surface area contributed by atoms with Crippen molar-refractivity contribution in [3.63, 3.8) is 0 Å². The van der Waals surface area contributed by atoms with Gasteiger partial charge in [0.25, 0.3) is 17.7 Å². The fraction of sp³-hybridized carbons (Fsp3) is 0.410. The van der Waals surface area contributed by atoms with Crippen LogP contribution in [0.5, 0.6) is 0 Å². The van der Waals surface area contributed by atoms with Crippen molar-refractivity contribution in [2.24, 2.45) is 0 Å². The van der Waals surface area contributed by atoms with Gasteiger partial charge in [-0.1, -0.05) is 0 Å². The summed E-state index contributed by atoms with van der Waals surface area (Å²) in [5.41, 5.74) is 18.5. The van der Waals surface area contributed by atoms with Crippen LogP contribution >= 0.6 is 0 Å². The second-order valence-corrected chi connectivity index (χ2v) is 24.0. The number of pyridine rings is 3. The lowest BCUT2D eigenvalue weighted by Gasteiger charge is -2.27. The maximum atomic E-state index is 14.5. The maximum Gasteiger partial charge on any atom is 0.259 e. The number of nitrogens with zero attached hydrogens (tertiary/aromatic N) is 15. The first kappa shape index (κ1) is 59.3. The van der Waals surface area contributed by atoms with Gasteiger partial charge in [-0.15, -0.1) is 10.2 Å². The van der Waals surface area contributed by atoms with E-state index in [1.54, 1.807) is 58.0 Å². The van der Waals surface area contributed by atoms with Gasteiger partial charge in [-0.05, 0) is 119 Å². The van der Waals surface area contributed by atoms with Gasteiger partial charge < -0.3 is 42.1 Å². The SMILES string of the molecule is CC1CCc2ncc(F)cc2[C@@H]2CC(F)CN2c2ccn3nc(N)c(c3n2)C(=O)N1.C[C@H]1CCc2ncc(F)cc2C2CC(F)CN2c2ccn3nc(N)c(c3n2)C(=O)N1.Cc1nn2ccc3nc2c1C(=O)NC(C)CCc1ncc(F)cc1C1C[C@@H](F)CN31. The third-order valence-electron chi connectivity index (χ3n) is 17.5. The Labute approximate surface area is 510 Å². The Kier molecular flexibility index (Phi) is 15.6. The smallest absolute Gasteiger partial charge is 0.259 e. The van der Waals surface area contributed by atoms with Crippen LogP contribution in [-0.2, 0) is 19.3 Å². The normalized spacial score (nSPS) is 24.0. The van der Waals surface area contributed by atoms with Crippen molar-refractivity contribution < 1.29 is 40.7 Å². The summed E-state index contributed by atoms with van der Waals surface area (Å²) in [5.74, 6) is -0.712. The van der Waals surface area contributed by atoms with Crippen molar-refractivity contribution in [3.8, 4) is 0 Å². The van der Waals surface area contributed by atoms with E-state index in [9.17, 15) is 40.7 Å². The Morgan fingerprint density at radius 2 is 0.789 bits per heavy atom. The molecule has 3 fully saturated rings. The quantitative estimate of drug-likeness (QED) is 0.0930. The third-order valence-corrected chi connectivity index (χ3v) is 17.5. The highest BCUT2D eigenvalue weighted by molar-refractivity contribution is 6.05. The van der Waals surface area contributed by atoms with Crippen LogP contribution < -0.4 is 42.1 Å². The topological polar surface area (TPSA) is 278 Å². The fourth-order valence-corrected chi connectivity index (χ4v) is 13.2. The number of hydrogen-bond donors (Lipinski definition) is 5. The van der Waals surface area contributed by atoms with Crippen LogP contribution in [0.2, 0.25) is 0 Å².